The van der Waals surface area contributed by atoms with Crippen LogP contribution in [0.5, 0.6) is 28.7 Å². The van der Waals surface area contributed by atoms with Crippen LogP contribution < -0.4 is 10.2 Å². The van der Waals surface area contributed by atoms with Gasteiger partial charge in [-0.05, 0) is 20.3 Å². The van der Waals surface area contributed by atoms with Gasteiger partial charge in [0, 0.05) is 35.2 Å². The maximum Gasteiger partial charge on any atom is 0.200 e. The molecule has 0 radical (unpaired) electrons. The summed E-state index contributed by atoms with van der Waals surface area (Å²) in [6, 6.07) is 3.48. The van der Waals surface area contributed by atoms with Gasteiger partial charge in [0.05, 0.1) is 5.56 Å². The first-order valence-electron chi connectivity index (χ1n) is 8.49. The van der Waals surface area contributed by atoms with E-state index >= 15 is 0 Å². The predicted molar refractivity (Wildman–Crippen MR) is 95.7 cm³/mol. The Labute approximate surface area is 152 Å². The summed E-state index contributed by atoms with van der Waals surface area (Å²) in [6.45, 7) is 3.70. The fraction of sp³-hybridized carbons (Fsp3) is 0.250. The van der Waals surface area contributed by atoms with Crippen LogP contribution in [0.1, 0.15) is 30.9 Å². The molecule has 1 aliphatic carbocycles. The number of hydrogen-bond donors (Lipinski definition) is 4. The molecule has 0 spiro atoms. The Morgan fingerprint density at radius 3 is 2.52 bits per heavy atom. The Bertz CT molecular complexity index is 1220. The predicted octanol–water partition coefficient (Wildman–Crippen LogP) is 3.09. The van der Waals surface area contributed by atoms with Crippen LogP contribution in [0.4, 0.5) is 0 Å². The van der Waals surface area contributed by atoms with Crippen molar-refractivity contribution < 1.29 is 29.6 Å². The number of rotatable bonds is 0. The van der Waals surface area contributed by atoms with Crippen molar-refractivity contribution in [1.29, 1.82) is 0 Å². The Hall–Kier alpha value is -3.35. The van der Waals surface area contributed by atoms with E-state index in [0.29, 0.717) is 16.7 Å². The minimum atomic E-state index is -0.710. The number of benzene rings is 2. The summed E-state index contributed by atoms with van der Waals surface area (Å²) < 4.78 is 11.8. The summed E-state index contributed by atoms with van der Waals surface area (Å²) in [5.74, 6) is -0.887. The molecule has 0 amide bonds. The van der Waals surface area contributed by atoms with Crippen molar-refractivity contribution >= 4 is 11.0 Å². The van der Waals surface area contributed by atoms with E-state index in [0.717, 1.165) is 12.1 Å². The molecule has 138 valence electrons. The van der Waals surface area contributed by atoms with Crippen molar-refractivity contribution in [1.82, 2.24) is 0 Å². The van der Waals surface area contributed by atoms with Gasteiger partial charge in [-0.2, -0.15) is 0 Å². The van der Waals surface area contributed by atoms with Crippen LogP contribution in [-0.4, -0.2) is 26.0 Å². The van der Waals surface area contributed by atoms with E-state index in [-0.39, 0.29) is 57.8 Å². The molecule has 3 aromatic rings. The zero-order valence-electron chi connectivity index (χ0n) is 14.5. The second kappa shape index (κ2) is 4.68. The lowest BCUT2D eigenvalue weighted by Crippen LogP contribution is -2.34. The van der Waals surface area contributed by atoms with Gasteiger partial charge in [-0.25, -0.2) is 0 Å². The largest absolute Gasteiger partial charge is 0.508 e. The Morgan fingerprint density at radius 1 is 1.04 bits per heavy atom. The lowest BCUT2D eigenvalue weighted by molar-refractivity contribution is 0.106. The van der Waals surface area contributed by atoms with E-state index in [1.807, 2.05) is 13.8 Å². The summed E-state index contributed by atoms with van der Waals surface area (Å²) >= 11 is 0. The van der Waals surface area contributed by atoms with Crippen molar-refractivity contribution in [2.24, 2.45) is 0 Å². The third kappa shape index (κ3) is 1.88. The topological polar surface area (TPSA) is 120 Å². The third-order valence-electron chi connectivity index (χ3n) is 5.52. The number of phenolic OH excluding ortho intramolecular Hbond substituents is 4. The molecule has 0 saturated heterocycles. The van der Waals surface area contributed by atoms with Gasteiger partial charge in [-0.15, -0.1) is 0 Å². The highest BCUT2D eigenvalue weighted by atomic mass is 16.5. The van der Waals surface area contributed by atoms with Gasteiger partial charge in [0.1, 0.15) is 39.6 Å². The summed E-state index contributed by atoms with van der Waals surface area (Å²) in [5, 5.41) is 40.6. The standard InChI is InChI=1S/C20H16O7/c1-20(2)9-5-8-17(25)15-10(22)3-7(21)4-13(15)26-18(8)16-11(23)6-12(24)19(27-20)14(9)16/h3-4,6,9,21-24H,5H2,1-2H3/t9-/m1/s1. The molecule has 1 aromatic heterocycles. The van der Waals surface area contributed by atoms with E-state index in [4.69, 9.17) is 9.15 Å². The van der Waals surface area contributed by atoms with Crippen LogP contribution in [0.3, 0.4) is 0 Å². The molecule has 1 atom stereocenters. The Kier molecular flexibility index (Phi) is 2.75. The van der Waals surface area contributed by atoms with Crippen LogP contribution in [-0.2, 0) is 6.42 Å². The first-order chi connectivity index (χ1) is 12.7. The first-order valence-corrected chi connectivity index (χ1v) is 8.49. The molecule has 2 heterocycles. The quantitative estimate of drug-likeness (QED) is 0.481. The Balaban J connectivity index is 1.95. The van der Waals surface area contributed by atoms with Gasteiger partial charge in [0.15, 0.2) is 16.9 Å². The molecule has 27 heavy (non-hydrogen) atoms. The molecular weight excluding hydrogens is 352 g/mol. The second-order valence-corrected chi connectivity index (χ2v) is 7.57. The highest BCUT2D eigenvalue weighted by Crippen LogP contribution is 2.59. The number of hydrogen-bond acceptors (Lipinski definition) is 7. The van der Waals surface area contributed by atoms with Gasteiger partial charge in [0.25, 0.3) is 0 Å². The summed E-state index contributed by atoms with van der Waals surface area (Å²) in [4.78, 5) is 13.1. The van der Waals surface area contributed by atoms with Crippen molar-refractivity contribution in [3.05, 3.63) is 39.5 Å². The van der Waals surface area contributed by atoms with Gasteiger partial charge in [-0.3, -0.25) is 4.79 Å². The minimum Gasteiger partial charge on any atom is -0.508 e. The van der Waals surface area contributed by atoms with E-state index < -0.39 is 11.0 Å². The van der Waals surface area contributed by atoms with E-state index in [2.05, 4.69) is 0 Å². The lowest BCUT2D eigenvalue weighted by atomic mass is 9.75. The highest BCUT2D eigenvalue weighted by molar-refractivity contribution is 5.90. The Morgan fingerprint density at radius 2 is 1.78 bits per heavy atom. The maximum absolute atomic E-state index is 13.1. The third-order valence-corrected chi connectivity index (χ3v) is 5.52. The molecule has 7 nitrogen and oxygen atoms in total. The van der Waals surface area contributed by atoms with Gasteiger partial charge >= 0.3 is 0 Å². The molecule has 0 bridgehead atoms. The SMILES string of the molecule is CC1(C)Oc2c(O)cc(O)c3c2[C@H]1Cc1c-3oc2cc(O)cc(O)c2c1=O. The van der Waals surface area contributed by atoms with Crippen LogP contribution >= 0.6 is 0 Å². The van der Waals surface area contributed by atoms with Gasteiger partial charge in [0.2, 0.25) is 0 Å². The van der Waals surface area contributed by atoms with Crippen LogP contribution in [0.15, 0.2) is 27.4 Å². The molecule has 1 aliphatic heterocycles. The molecule has 0 saturated carbocycles. The van der Waals surface area contributed by atoms with Crippen LogP contribution in [0.25, 0.3) is 22.3 Å². The summed E-state index contributed by atoms with van der Waals surface area (Å²) in [6.07, 6.45) is 0.268. The summed E-state index contributed by atoms with van der Waals surface area (Å²) in [7, 11) is 0. The van der Waals surface area contributed by atoms with Gasteiger partial charge < -0.3 is 29.6 Å². The zero-order chi connectivity index (χ0) is 19.2. The maximum atomic E-state index is 13.1. The fourth-order valence-electron chi connectivity index (χ4n) is 4.28. The number of phenols is 4. The first kappa shape index (κ1) is 15.9. The second-order valence-electron chi connectivity index (χ2n) is 7.57. The molecule has 4 N–H and O–H groups in total. The highest BCUT2D eigenvalue weighted by Gasteiger charge is 2.49. The molecule has 5 rings (SSSR count). The number of fused-ring (bicyclic) bond motifs is 3. The van der Waals surface area contributed by atoms with E-state index in [1.165, 1.54) is 6.07 Å². The summed E-state index contributed by atoms with van der Waals surface area (Å²) in [5.41, 5.74) is 0.0726. The van der Waals surface area contributed by atoms with Crippen LogP contribution in [0.2, 0.25) is 0 Å². The average molecular weight is 368 g/mol. The lowest BCUT2D eigenvalue weighted by Gasteiger charge is -2.30. The van der Waals surface area contributed by atoms with Crippen molar-refractivity contribution in [3.63, 3.8) is 0 Å². The number of ether oxygens (including phenoxy) is 1. The molecule has 0 fully saturated rings. The van der Waals surface area contributed by atoms with E-state index in [1.54, 1.807) is 0 Å². The molecule has 2 aromatic carbocycles. The normalized spacial score (nSPS) is 18.8. The monoisotopic (exact) mass is 368 g/mol. The zero-order valence-corrected chi connectivity index (χ0v) is 14.5. The van der Waals surface area contributed by atoms with Gasteiger partial charge in [-0.1, -0.05) is 0 Å². The molecular formula is C20H16O7. The minimum absolute atomic E-state index is 0.00843. The molecule has 0 unspecified atom stereocenters. The smallest absolute Gasteiger partial charge is 0.200 e. The fourth-order valence-corrected chi connectivity index (χ4v) is 4.28. The molecule has 7 heteroatoms. The van der Waals surface area contributed by atoms with E-state index in [9.17, 15) is 25.2 Å². The van der Waals surface area contributed by atoms with Crippen molar-refractivity contribution in [3.8, 4) is 40.1 Å². The molecule has 2 aliphatic rings. The number of aromatic hydroxyl groups is 4. The van der Waals surface area contributed by atoms with Crippen LogP contribution in [0, 0.1) is 0 Å². The van der Waals surface area contributed by atoms with Crippen molar-refractivity contribution in [2.45, 2.75) is 31.8 Å². The average Bonchev–Trinajstić information content (AvgIpc) is 2.83. The van der Waals surface area contributed by atoms with Crippen molar-refractivity contribution in [2.75, 3.05) is 0 Å².